The lowest BCUT2D eigenvalue weighted by atomic mass is 10.0. The molecule has 2 heterocycles. The van der Waals surface area contributed by atoms with Crippen LogP contribution in [0.25, 0.3) is 0 Å². The molecule has 3 rings (SSSR count). The van der Waals surface area contributed by atoms with Crippen molar-refractivity contribution >= 4 is 11.8 Å². The molecule has 0 spiro atoms. The predicted octanol–water partition coefficient (Wildman–Crippen LogP) is 0.554. The van der Waals surface area contributed by atoms with Crippen LogP contribution in [-0.4, -0.2) is 52.4 Å². The Hall–Kier alpha value is -2.67. The first-order valence-electron chi connectivity index (χ1n) is 8.82. The van der Waals surface area contributed by atoms with Crippen molar-refractivity contribution < 1.29 is 9.59 Å². The molecule has 2 N–H and O–H groups in total. The molecular formula is C19H25N5O2. The highest BCUT2D eigenvalue weighted by Gasteiger charge is 2.37. The molecule has 7 heteroatoms. The van der Waals surface area contributed by atoms with Gasteiger partial charge < -0.3 is 15.2 Å². The highest BCUT2D eigenvalue weighted by Crippen LogP contribution is 2.20. The van der Waals surface area contributed by atoms with Crippen LogP contribution in [0.2, 0.25) is 0 Å². The SMILES string of the molecule is CNC(=O)[C@H]1CN(Cc2ccccc2)C[C@@H]1NC(=O)Cn1ccnc1C. The molecule has 1 aliphatic rings. The predicted molar refractivity (Wildman–Crippen MR) is 98.2 cm³/mol. The molecule has 1 fully saturated rings. The maximum atomic E-state index is 12.4. The number of nitrogens with one attached hydrogen (secondary N) is 2. The molecule has 0 radical (unpaired) electrons. The van der Waals surface area contributed by atoms with Crippen LogP contribution in [0.15, 0.2) is 42.7 Å². The smallest absolute Gasteiger partial charge is 0.240 e. The van der Waals surface area contributed by atoms with E-state index in [1.54, 1.807) is 24.0 Å². The Morgan fingerprint density at radius 3 is 2.65 bits per heavy atom. The van der Waals surface area contributed by atoms with E-state index in [0.29, 0.717) is 13.1 Å². The van der Waals surface area contributed by atoms with Crippen molar-refractivity contribution in [3.05, 3.63) is 54.1 Å². The third-order valence-electron chi connectivity index (χ3n) is 4.81. The zero-order chi connectivity index (χ0) is 18.5. The van der Waals surface area contributed by atoms with Gasteiger partial charge in [0.05, 0.1) is 12.0 Å². The summed E-state index contributed by atoms with van der Waals surface area (Å²) in [5.41, 5.74) is 1.20. The lowest BCUT2D eigenvalue weighted by Crippen LogP contribution is -2.46. The average molecular weight is 355 g/mol. The number of hydrogen-bond acceptors (Lipinski definition) is 4. The second-order valence-electron chi connectivity index (χ2n) is 6.68. The Bertz CT molecular complexity index is 758. The van der Waals surface area contributed by atoms with E-state index in [0.717, 1.165) is 12.4 Å². The number of carbonyl (C=O) groups excluding carboxylic acids is 2. The summed E-state index contributed by atoms with van der Waals surface area (Å²) < 4.78 is 1.79. The van der Waals surface area contributed by atoms with Gasteiger partial charge in [0.1, 0.15) is 12.4 Å². The maximum absolute atomic E-state index is 12.4. The summed E-state index contributed by atoms with van der Waals surface area (Å²) in [6.45, 7) is 4.12. The van der Waals surface area contributed by atoms with E-state index < -0.39 is 0 Å². The lowest BCUT2D eigenvalue weighted by Gasteiger charge is -2.19. The summed E-state index contributed by atoms with van der Waals surface area (Å²) in [5, 5.41) is 5.75. The number of amides is 2. The van der Waals surface area contributed by atoms with Gasteiger partial charge in [-0.25, -0.2) is 4.98 Å². The number of rotatable bonds is 6. The first-order chi connectivity index (χ1) is 12.6. The molecule has 1 aliphatic heterocycles. The van der Waals surface area contributed by atoms with Gasteiger partial charge >= 0.3 is 0 Å². The number of aromatic nitrogens is 2. The van der Waals surface area contributed by atoms with Crippen LogP contribution >= 0.6 is 0 Å². The van der Waals surface area contributed by atoms with E-state index in [4.69, 9.17) is 0 Å². The van der Waals surface area contributed by atoms with Gasteiger partial charge in [0, 0.05) is 39.1 Å². The van der Waals surface area contributed by atoms with Crippen molar-refractivity contribution in [1.82, 2.24) is 25.1 Å². The summed E-state index contributed by atoms with van der Waals surface area (Å²) in [7, 11) is 1.63. The minimum atomic E-state index is -0.253. The van der Waals surface area contributed by atoms with Crippen LogP contribution in [0.3, 0.4) is 0 Å². The number of carbonyl (C=O) groups is 2. The molecular weight excluding hydrogens is 330 g/mol. The number of likely N-dealkylation sites (tertiary alicyclic amines) is 1. The first-order valence-corrected chi connectivity index (χ1v) is 8.82. The normalized spacial score (nSPS) is 20.1. The zero-order valence-corrected chi connectivity index (χ0v) is 15.2. The molecule has 1 aromatic carbocycles. The molecule has 0 bridgehead atoms. The van der Waals surface area contributed by atoms with E-state index in [-0.39, 0.29) is 30.3 Å². The Labute approximate surface area is 153 Å². The number of benzene rings is 1. The summed E-state index contributed by atoms with van der Waals surface area (Å²) in [6, 6.07) is 9.95. The van der Waals surface area contributed by atoms with Crippen LogP contribution in [-0.2, 0) is 22.7 Å². The largest absolute Gasteiger partial charge is 0.359 e. The molecule has 0 saturated carbocycles. The Morgan fingerprint density at radius 2 is 2.00 bits per heavy atom. The van der Waals surface area contributed by atoms with Gasteiger partial charge in [-0.3, -0.25) is 14.5 Å². The monoisotopic (exact) mass is 355 g/mol. The second kappa shape index (κ2) is 8.14. The fraction of sp³-hybridized carbons (Fsp3) is 0.421. The minimum absolute atomic E-state index is 0.0373. The van der Waals surface area contributed by atoms with E-state index >= 15 is 0 Å². The van der Waals surface area contributed by atoms with Crippen LogP contribution < -0.4 is 10.6 Å². The van der Waals surface area contributed by atoms with Crippen LogP contribution in [0, 0.1) is 12.8 Å². The molecule has 138 valence electrons. The van der Waals surface area contributed by atoms with Gasteiger partial charge in [-0.15, -0.1) is 0 Å². The fourth-order valence-electron chi connectivity index (χ4n) is 3.43. The molecule has 2 atom stereocenters. The minimum Gasteiger partial charge on any atom is -0.359 e. The van der Waals surface area contributed by atoms with Gasteiger partial charge in [-0.2, -0.15) is 0 Å². The highest BCUT2D eigenvalue weighted by molar-refractivity contribution is 5.82. The van der Waals surface area contributed by atoms with Crippen LogP contribution in [0.1, 0.15) is 11.4 Å². The van der Waals surface area contributed by atoms with Crippen molar-refractivity contribution in [3.63, 3.8) is 0 Å². The van der Waals surface area contributed by atoms with Gasteiger partial charge in [0.25, 0.3) is 0 Å². The number of imidazole rings is 1. The second-order valence-corrected chi connectivity index (χ2v) is 6.68. The van der Waals surface area contributed by atoms with E-state index in [9.17, 15) is 9.59 Å². The van der Waals surface area contributed by atoms with Crippen molar-refractivity contribution in [2.45, 2.75) is 26.1 Å². The topological polar surface area (TPSA) is 79.3 Å². The summed E-state index contributed by atoms with van der Waals surface area (Å²) in [5.74, 6) is 0.396. The van der Waals surface area contributed by atoms with Crippen LogP contribution in [0.5, 0.6) is 0 Å². The molecule has 2 amide bonds. The third-order valence-corrected chi connectivity index (χ3v) is 4.81. The number of nitrogens with zero attached hydrogens (tertiary/aromatic N) is 3. The highest BCUT2D eigenvalue weighted by atomic mass is 16.2. The van der Waals surface area contributed by atoms with E-state index in [1.165, 1.54) is 5.56 Å². The quantitative estimate of drug-likeness (QED) is 0.793. The molecule has 1 aromatic heterocycles. The van der Waals surface area contributed by atoms with E-state index in [1.807, 2.05) is 25.1 Å². The Kier molecular flexibility index (Phi) is 5.68. The number of aryl methyl sites for hydroxylation is 1. The van der Waals surface area contributed by atoms with Crippen molar-refractivity contribution in [1.29, 1.82) is 0 Å². The molecule has 0 aliphatic carbocycles. The molecule has 1 saturated heterocycles. The van der Waals surface area contributed by atoms with Crippen LogP contribution in [0.4, 0.5) is 0 Å². The van der Waals surface area contributed by atoms with Gasteiger partial charge in [-0.1, -0.05) is 30.3 Å². The Morgan fingerprint density at radius 1 is 1.23 bits per heavy atom. The fourth-order valence-corrected chi connectivity index (χ4v) is 3.43. The van der Waals surface area contributed by atoms with Crippen molar-refractivity contribution in [2.24, 2.45) is 5.92 Å². The standard InChI is InChI=1S/C19H25N5O2/c1-14-21-8-9-24(14)13-18(25)22-17-12-23(11-16(17)19(26)20-2)10-15-6-4-3-5-7-15/h3-9,16-17H,10-13H2,1-2H3,(H,20,26)(H,22,25)/t16-,17-/m0/s1. The van der Waals surface area contributed by atoms with Gasteiger partial charge in [-0.05, 0) is 12.5 Å². The zero-order valence-electron chi connectivity index (χ0n) is 15.2. The van der Waals surface area contributed by atoms with Crippen molar-refractivity contribution in [2.75, 3.05) is 20.1 Å². The molecule has 2 aromatic rings. The van der Waals surface area contributed by atoms with Crippen molar-refractivity contribution in [3.8, 4) is 0 Å². The van der Waals surface area contributed by atoms with Gasteiger partial charge in [0.2, 0.25) is 11.8 Å². The summed E-state index contributed by atoms with van der Waals surface area (Å²) in [4.78, 5) is 31.0. The molecule has 0 unspecified atom stereocenters. The van der Waals surface area contributed by atoms with E-state index in [2.05, 4.69) is 32.7 Å². The average Bonchev–Trinajstić information content (AvgIpc) is 3.21. The first kappa shape index (κ1) is 18.1. The lowest BCUT2D eigenvalue weighted by molar-refractivity contribution is -0.126. The summed E-state index contributed by atoms with van der Waals surface area (Å²) in [6.07, 6.45) is 3.45. The Balaban J connectivity index is 1.64. The maximum Gasteiger partial charge on any atom is 0.240 e. The molecule has 26 heavy (non-hydrogen) atoms. The number of hydrogen-bond donors (Lipinski definition) is 2. The molecule has 7 nitrogen and oxygen atoms in total. The summed E-state index contributed by atoms with van der Waals surface area (Å²) >= 11 is 0. The van der Waals surface area contributed by atoms with Gasteiger partial charge in [0.15, 0.2) is 0 Å². The third kappa shape index (κ3) is 4.29.